The zero-order chi connectivity index (χ0) is 15.8. The monoisotopic (exact) mass is 382 g/mol. The number of nitrogen functional groups attached to an aromatic ring is 1. The molecule has 8 heteroatoms. The lowest BCUT2D eigenvalue weighted by Gasteiger charge is -2.14. The highest BCUT2D eigenvalue weighted by molar-refractivity contribution is 9.10. The van der Waals surface area contributed by atoms with E-state index in [-0.39, 0.29) is 22.1 Å². The molecule has 0 aliphatic carbocycles. The van der Waals surface area contributed by atoms with Gasteiger partial charge in [0.05, 0.1) is 27.6 Å². The number of anilines is 3. The van der Waals surface area contributed by atoms with Gasteiger partial charge in [-0.05, 0) is 40.2 Å². The van der Waals surface area contributed by atoms with E-state index in [2.05, 4.69) is 21.2 Å². The molecule has 2 rings (SSSR count). The van der Waals surface area contributed by atoms with Gasteiger partial charge in [-0.15, -0.1) is 0 Å². The number of benzene rings is 2. The van der Waals surface area contributed by atoms with Crippen LogP contribution in [-0.2, 0) is 6.18 Å². The minimum atomic E-state index is -4.47. The zero-order valence-corrected chi connectivity index (χ0v) is 12.6. The van der Waals surface area contributed by atoms with Crippen LogP contribution in [0.25, 0.3) is 0 Å². The molecular formula is C13H8BrClF4N2. The van der Waals surface area contributed by atoms with Gasteiger partial charge in [-0.25, -0.2) is 4.39 Å². The first-order valence-corrected chi connectivity index (χ1v) is 6.74. The molecule has 0 aromatic heterocycles. The first-order chi connectivity index (χ1) is 9.68. The summed E-state index contributed by atoms with van der Waals surface area (Å²) in [5.41, 5.74) is 5.17. The molecule has 0 saturated carbocycles. The molecule has 0 radical (unpaired) electrons. The minimum Gasteiger partial charge on any atom is -0.397 e. The van der Waals surface area contributed by atoms with Crippen molar-refractivity contribution in [2.75, 3.05) is 11.1 Å². The van der Waals surface area contributed by atoms with Crippen molar-refractivity contribution in [3.8, 4) is 0 Å². The lowest BCUT2D eigenvalue weighted by atomic mass is 10.2. The van der Waals surface area contributed by atoms with Crippen molar-refractivity contribution >= 4 is 44.6 Å². The van der Waals surface area contributed by atoms with Gasteiger partial charge in [0.25, 0.3) is 0 Å². The third kappa shape index (κ3) is 3.59. The number of halogens is 6. The Labute approximate surface area is 131 Å². The Morgan fingerprint density at radius 2 is 1.76 bits per heavy atom. The third-order valence-corrected chi connectivity index (χ3v) is 3.64. The van der Waals surface area contributed by atoms with Gasteiger partial charge in [0, 0.05) is 10.5 Å². The Morgan fingerprint density at radius 1 is 1.10 bits per heavy atom. The largest absolute Gasteiger partial charge is 0.416 e. The summed E-state index contributed by atoms with van der Waals surface area (Å²) >= 11 is 8.77. The van der Waals surface area contributed by atoms with Crippen molar-refractivity contribution in [2.45, 2.75) is 6.18 Å². The van der Waals surface area contributed by atoms with Gasteiger partial charge < -0.3 is 11.1 Å². The SMILES string of the molecule is Nc1cc(F)c(Cl)cc1Nc1cc(C(F)(F)F)ccc1Br. The summed E-state index contributed by atoms with van der Waals surface area (Å²) in [5, 5.41) is 2.51. The summed E-state index contributed by atoms with van der Waals surface area (Å²) in [4.78, 5) is 0. The van der Waals surface area contributed by atoms with Crippen LogP contribution < -0.4 is 11.1 Å². The highest BCUT2D eigenvalue weighted by Crippen LogP contribution is 2.36. The maximum absolute atomic E-state index is 13.2. The summed E-state index contributed by atoms with van der Waals surface area (Å²) in [5.74, 6) is -0.706. The molecule has 0 aliphatic rings. The van der Waals surface area contributed by atoms with E-state index >= 15 is 0 Å². The smallest absolute Gasteiger partial charge is 0.397 e. The Kier molecular flexibility index (Phi) is 4.34. The second kappa shape index (κ2) is 5.73. The maximum atomic E-state index is 13.2. The average Bonchev–Trinajstić information content (AvgIpc) is 2.37. The van der Waals surface area contributed by atoms with Gasteiger partial charge in [0.15, 0.2) is 0 Å². The first-order valence-electron chi connectivity index (χ1n) is 5.57. The van der Waals surface area contributed by atoms with Gasteiger partial charge in [-0.3, -0.25) is 0 Å². The molecule has 2 aromatic carbocycles. The number of hydrogen-bond donors (Lipinski definition) is 2. The van der Waals surface area contributed by atoms with E-state index in [1.54, 1.807) is 0 Å². The molecule has 0 fully saturated rings. The fourth-order valence-corrected chi connectivity index (χ4v) is 2.12. The summed E-state index contributed by atoms with van der Waals surface area (Å²) in [6, 6.07) is 5.31. The molecule has 0 heterocycles. The van der Waals surface area contributed by atoms with Crippen molar-refractivity contribution < 1.29 is 17.6 Å². The molecule has 0 amide bonds. The van der Waals surface area contributed by atoms with Crippen LogP contribution in [0.1, 0.15) is 5.56 Å². The van der Waals surface area contributed by atoms with Gasteiger partial charge in [0.1, 0.15) is 5.82 Å². The normalized spacial score (nSPS) is 11.5. The van der Waals surface area contributed by atoms with Crippen LogP contribution in [0.4, 0.5) is 34.6 Å². The predicted octanol–water partition coefficient (Wildman–Crippen LogP) is 5.59. The second-order valence-corrected chi connectivity index (χ2v) is 5.43. The summed E-state index contributed by atoms with van der Waals surface area (Å²) in [6.07, 6.45) is -4.47. The minimum absolute atomic E-state index is 0.0289. The molecule has 0 bridgehead atoms. The van der Waals surface area contributed by atoms with Crippen LogP contribution in [0.5, 0.6) is 0 Å². The predicted molar refractivity (Wildman–Crippen MR) is 78.2 cm³/mol. The van der Waals surface area contributed by atoms with Crippen LogP contribution in [0.15, 0.2) is 34.8 Å². The molecule has 2 aromatic rings. The van der Waals surface area contributed by atoms with E-state index in [4.69, 9.17) is 17.3 Å². The average molecular weight is 384 g/mol. The first kappa shape index (κ1) is 15.9. The zero-order valence-electron chi connectivity index (χ0n) is 10.2. The quantitative estimate of drug-likeness (QED) is 0.524. The number of nitrogens with one attached hydrogen (secondary N) is 1. The maximum Gasteiger partial charge on any atom is 0.416 e. The molecule has 112 valence electrons. The van der Waals surface area contributed by atoms with E-state index in [0.717, 1.165) is 18.2 Å². The van der Waals surface area contributed by atoms with Crippen LogP contribution in [-0.4, -0.2) is 0 Å². The Balaban J connectivity index is 2.42. The van der Waals surface area contributed by atoms with Crippen molar-refractivity contribution in [3.63, 3.8) is 0 Å². The lowest BCUT2D eigenvalue weighted by molar-refractivity contribution is -0.137. The molecule has 2 nitrogen and oxygen atoms in total. The van der Waals surface area contributed by atoms with Crippen molar-refractivity contribution in [2.24, 2.45) is 0 Å². The summed E-state index contributed by atoms with van der Waals surface area (Å²) < 4.78 is 51.7. The molecule has 21 heavy (non-hydrogen) atoms. The summed E-state index contributed by atoms with van der Waals surface area (Å²) in [7, 11) is 0. The highest BCUT2D eigenvalue weighted by atomic mass is 79.9. The van der Waals surface area contributed by atoms with Gasteiger partial charge >= 0.3 is 6.18 Å². The molecule has 0 aliphatic heterocycles. The number of rotatable bonds is 2. The van der Waals surface area contributed by atoms with E-state index < -0.39 is 17.6 Å². The standard InChI is InChI=1S/C13H8BrClF4N2/c14-7-2-1-6(13(17,18)19)3-11(7)21-12-4-8(15)9(16)5-10(12)20/h1-5,21H,20H2. The molecule has 3 N–H and O–H groups in total. The molecule has 0 unspecified atom stereocenters. The Hall–Kier alpha value is -1.47. The highest BCUT2D eigenvalue weighted by Gasteiger charge is 2.31. The van der Waals surface area contributed by atoms with Crippen molar-refractivity contribution in [3.05, 3.63) is 51.2 Å². The number of nitrogens with two attached hydrogens (primary N) is 1. The van der Waals surface area contributed by atoms with Gasteiger partial charge in [0.2, 0.25) is 0 Å². The number of alkyl halides is 3. The fourth-order valence-electron chi connectivity index (χ4n) is 1.61. The van der Waals surface area contributed by atoms with Crippen molar-refractivity contribution in [1.29, 1.82) is 0 Å². The van der Waals surface area contributed by atoms with Crippen LogP contribution in [0.2, 0.25) is 5.02 Å². The molecule has 0 atom stereocenters. The second-order valence-electron chi connectivity index (χ2n) is 4.17. The lowest BCUT2D eigenvalue weighted by Crippen LogP contribution is -2.06. The van der Waals surface area contributed by atoms with E-state index in [1.165, 1.54) is 12.1 Å². The number of hydrogen-bond acceptors (Lipinski definition) is 2. The molecule has 0 saturated heterocycles. The van der Waals surface area contributed by atoms with Crippen LogP contribution in [0, 0.1) is 5.82 Å². The van der Waals surface area contributed by atoms with Gasteiger partial charge in [-0.1, -0.05) is 11.6 Å². The van der Waals surface area contributed by atoms with Crippen LogP contribution in [0.3, 0.4) is 0 Å². The molecular weight excluding hydrogens is 376 g/mol. The van der Waals surface area contributed by atoms with E-state index in [9.17, 15) is 17.6 Å². The Morgan fingerprint density at radius 3 is 2.38 bits per heavy atom. The van der Waals surface area contributed by atoms with Crippen LogP contribution >= 0.6 is 27.5 Å². The van der Waals surface area contributed by atoms with E-state index in [1.807, 2.05) is 0 Å². The molecule has 0 spiro atoms. The fraction of sp³-hybridized carbons (Fsp3) is 0.0769. The van der Waals surface area contributed by atoms with Crippen molar-refractivity contribution in [1.82, 2.24) is 0 Å². The Bertz CT molecular complexity index is 689. The topological polar surface area (TPSA) is 38.0 Å². The summed E-state index contributed by atoms with van der Waals surface area (Å²) in [6.45, 7) is 0. The van der Waals surface area contributed by atoms with E-state index in [0.29, 0.717) is 4.47 Å². The van der Waals surface area contributed by atoms with Gasteiger partial charge in [-0.2, -0.15) is 13.2 Å². The third-order valence-electron chi connectivity index (χ3n) is 2.66.